The molecule has 0 radical (unpaired) electrons. The van der Waals surface area contributed by atoms with E-state index in [2.05, 4.69) is 12.2 Å². The van der Waals surface area contributed by atoms with Gasteiger partial charge in [0.25, 0.3) is 0 Å². The van der Waals surface area contributed by atoms with E-state index in [1.54, 1.807) is 12.1 Å². The predicted octanol–water partition coefficient (Wildman–Crippen LogP) is 4.57. The molecule has 0 aliphatic heterocycles. The Morgan fingerprint density at radius 2 is 1.90 bits per heavy atom. The van der Waals surface area contributed by atoms with Gasteiger partial charge in [0.15, 0.2) is 0 Å². The Bertz CT molecular complexity index is 621. The number of anilines is 1. The summed E-state index contributed by atoms with van der Waals surface area (Å²) in [6.07, 6.45) is 2.16. The molecule has 0 unspecified atom stereocenters. The summed E-state index contributed by atoms with van der Waals surface area (Å²) in [6, 6.07) is 13.5. The molecule has 0 saturated heterocycles. The molecule has 2 aromatic carbocycles. The molecular formula is C18H21NO2. The monoisotopic (exact) mass is 283 g/mol. The van der Waals surface area contributed by atoms with Crippen molar-refractivity contribution in [1.82, 2.24) is 0 Å². The summed E-state index contributed by atoms with van der Waals surface area (Å²) in [5.74, 6) is -0.892. The van der Waals surface area contributed by atoms with Crippen molar-refractivity contribution in [3.05, 3.63) is 53.6 Å². The van der Waals surface area contributed by atoms with Crippen molar-refractivity contribution in [1.29, 1.82) is 0 Å². The first-order valence-electron chi connectivity index (χ1n) is 7.30. The molecule has 3 heteroatoms. The summed E-state index contributed by atoms with van der Waals surface area (Å²) in [5, 5.41) is 12.6. The molecule has 0 fully saturated rings. The van der Waals surface area contributed by atoms with Crippen molar-refractivity contribution in [2.45, 2.75) is 26.7 Å². The van der Waals surface area contributed by atoms with Gasteiger partial charge in [-0.05, 0) is 36.6 Å². The van der Waals surface area contributed by atoms with E-state index in [9.17, 15) is 9.90 Å². The summed E-state index contributed by atoms with van der Waals surface area (Å²) in [4.78, 5) is 11.3. The second-order valence-electron chi connectivity index (χ2n) is 5.17. The molecule has 3 nitrogen and oxygen atoms in total. The quantitative estimate of drug-likeness (QED) is 0.763. The molecule has 0 atom stereocenters. The van der Waals surface area contributed by atoms with Gasteiger partial charge in [-0.2, -0.15) is 0 Å². The second kappa shape index (κ2) is 6.93. The highest BCUT2D eigenvalue weighted by atomic mass is 16.4. The highest BCUT2D eigenvalue weighted by Gasteiger charge is 2.13. The molecule has 0 saturated carbocycles. The van der Waals surface area contributed by atoms with Crippen molar-refractivity contribution >= 4 is 11.7 Å². The van der Waals surface area contributed by atoms with E-state index in [0.29, 0.717) is 5.56 Å². The number of nitrogens with one attached hydrogen (secondary N) is 1. The zero-order chi connectivity index (χ0) is 15.2. The molecular weight excluding hydrogens is 262 g/mol. The standard InChI is InChI=1S/C18H21NO2/c1-3-4-10-19-16-12-15(18(20)21)11-13(2)17(16)14-8-6-5-7-9-14/h5-9,11-12,19H,3-4,10H2,1-2H3,(H,20,21). The number of carboxylic acid groups (broad SMARTS) is 1. The number of unbranched alkanes of at least 4 members (excludes halogenated alkanes) is 1. The number of aryl methyl sites for hydroxylation is 1. The van der Waals surface area contributed by atoms with E-state index in [1.165, 1.54) is 0 Å². The van der Waals surface area contributed by atoms with E-state index in [0.717, 1.165) is 41.8 Å². The number of aromatic carboxylic acids is 1. The van der Waals surface area contributed by atoms with Crippen LogP contribution in [-0.2, 0) is 0 Å². The lowest BCUT2D eigenvalue weighted by molar-refractivity contribution is 0.0697. The van der Waals surface area contributed by atoms with Crippen LogP contribution in [0.15, 0.2) is 42.5 Å². The summed E-state index contributed by atoms with van der Waals surface area (Å²) >= 11 is 0. The van der Waals surface area contributed by atoms with Gasteiger partial charge in [0.2, 0.25) is 0 Å². The van der Waals surface area contributed by atoms with Crippen LogP contribution in [0.25, 0.3) is 11.1 Å². The lowest BCUT2D eigenvalue weighted by atomic mass is 9.96. The Kier molecular flexibility index (Phi) is 4.99. The van der Waals surface area contributed by atoms with E-state index >= 15 is 0 Å². The molecule has 0 heterocycles. The summed E-state index contributed by atoms with van der Waals surface area (Å²) in [6.45, 7) is 4.94. The fourth-order valence-corrected chi connectivity index (χ4v) is 2.44. The third-order valence-corrected chi connectivity index (χ3v) is 3.49. The minimum Gasteiger partial charge on any atom is -0.478 e. The summed E-state index contributed by atoms with van der Waals surface area (Å²) in [7, 11) is 0. The van der Waals surface area contributed by atoms with Crippen molar-refractivity contribution in [3.8, 4) is 11.1 Å². The normalized spacial score (nSPS) is 10.4. The minimum absolute atomic E-state index is 0.325. The third kappa shape index (κ3) is 3.63. The van der Waals surface area contributed by atoms with Gasteiger partial charge in [0.1, 0.15) is 0 Å². The van der Waals surface area contributed by atoms with Crippen molar-refractivity contribution in [3.63, 3.8) is 0 Å². The Hall–Kier alpha value is -2.29. The number of carboxylic acids is 1. The van der Waals surface area contributed by atoms with Crippen LogP contribution in [0, 0.1) is 6.92 Å². The molecule has 0 spiro atoms. The fourth-order valence-electron chi connectivity index (χ4n) is 2.44. The summed E-state index contributed by atoms with van der Waals surface area (Å²) < 4.78 is 0. The predicted molar refractivity (Wildman–Crippen MR) is 87.0 cm³/mol. The molecule has 110 valence electrons. The Morgan fingerprint density at radius 1 is 1.19 bits per heavy atom. The molecule has 0 aromatic heterocycles. The molecule has 21 heavy (non-hydrogen) atoms. The second-order valence-corrected chi connectivity index (χ2v) is 5.17. The highest BCUT2D eigenvalue weighted by Crippen LogP contribution is 2.32. The Balaban J connectivity index is 2.48. The summed E-state index contributed by atoms with van der Waals surface area (Å²) in [5.41, 5.74) is 4.38. The fraction of sp³-hybridized carbons (Fsp3) is 0.278. The molecule has 0 aliphatic carbocycles. The average Bonchev–Trinajstić information content (AvgIpc) is 2.48. The average molecular weight is 283 g/mol. The van der Waals surface area contributed by atoms with Gasteiger partial charge >= 0.3 is 5.97 Å². The molecule has 0 amide bonds. The molecule has 2 aromatic rings. The van der Waals surface area contributed by atoms with Crippen LogP contribution < -0.4 is 5.32 Å². The number of hydrogen-bond acceptors (Lipinski definition) is 2. The van der Waals surface area contributed by atoms with Crippen molar-refractivity contribution in [2.75, 3.05) is 11.9 Å². The van der Waals surface area contributed by atoms with Gasteiger partial charge in [0, 0.05) is 17.8 Å². The maximum Gasteiger partial charge on any atom is 0.335 e. The first kappa shape index (κ1) is 15.1. The van der Waals surface area contributed by atoms with Crippen LogP contribution in [0.4, 0.5) is 5.69 Å². The van der Waals surface area contributed by atoms with Gasteiger partial charge in [-0.3, -0.25) is 0 Å². The van der Waals surface area contributed by atoms with Gasteiger partial charge in [-0.25, -0.2) is 4.79 Å². The first-order valence-corrected chi connectivity index (χ1v) is 7.30. The maximum atomic E-state index is 11.3. The molecule has 2 N–H and O–H groups in total. The zero-order valence-electron chi connectivity index (χ0n) is 12.5. The maximum absolute atomic E-state index is 11.3. The minimum atomic E-state index is -0.892. The zero-order valence-corrected chi connectivity index (χ0v) is 12.5. The van der Waals surface area contributed by atoms with E-state index in [1.807, 2.05) is 37.3 Å². The lowest BCUT2D eigenvalue weighted by Crippen LogP contribution is -2.06. The number of carbonyl (C=O) groups is 1. The highest BCUT2D eigenvalue weighted by molar-refractivity contribution is 5.93. The first-order chi connectivity index (χ1) is 10.1. The topological polar surface area (TPSA) is 49.3 Å². The SMILES string of the molecule is CCCCNc1cc(C(=O)O)cc(C)c1-c1ccccc1. The number of benzene rings is 2. The van der Waals surface area contributed by atoms with E-state index in [-0.39, 0.29) is 0 Å². The molecule has 2 rings (SSSR count). The largest absolute Gasteiger partial charge is 0.478 e. The molecule has 0 aliphatic rings. The van der Waals surface area contributed by atoms with Crippen LogP contribution in [-0.4, -0.2) is 17.6 Å². The van der Waals surface area contributed by atoms with Gasteiger partial charge in [-0.15, -0.1) is 0 Å². The van der Waals surface area contributed by atoms with Gasteiger partial charge < -0.3 is 10.4 Å². The van der Waals surface area contributed by atoms with Gasteiger partial charge in [0.05, 0.1) is 5.56 Å². The van der Waals surface area contributed by atoms with Crippen LogP contribution in [0.3, 0.4) is 0 Å². The van der Waals surface area contributed by atoms with Gasteiger partial charge in [-0.1, -0.05) is 43.7 Å². The van der Waals surface area contributed by atoms with E-state index < -0.39 is 5.97 Å². The Morgan fingerprint density at radius 3 is 2.52 bits per heavy atom. The smallest absolute Gasteiger partial charge is 0.335 e. The van der Waals surface area contributed by atoms with Crippen LogP contribution in [0.1, 0.15) is 35.7 Å². The Labute approximate surface area is 125 Å². The lowest BCUT2D eigenvalue weighted by Gasteiger charge is -2.16. The molecule has 0 bridgehead atoms. The van der Waals surface area contributed by atoms with Crippen molar-refractivity contribution in [2.24, 2.45) is 0 Å². The van der Waals surface area contributed by atoms with Crippen LogP contribution in [0.2, 0.25) is 0 Å². The number of rotatable bonds is 6. The van der Waals surface area contributed by atoms with E-state index in [4.69, 9.17) is 0 Å². The number of hydrogen-bond donors (Lipinski definition) is 2. The van der Waals surface area contributed by atoms with Crippen LogP contribution >= 0.6 is 0 Å². The van der Waals surface area contributed by atoms with Crippen molar-refractivity contribution < 1.29 is 9.90 Å². The van der Waals surface area contributed by atoms with Crippen LogP contribution in [0.5, 0.6) is 0 Å². The third-order valence-electron chi connectivity index (χ3n) is 3.49.